The van der Waals surface area contributed by atoms with Gasteiger partial charge in [-0.05, 0) is 6.07 Å². The number of hydrogen-bond donors (Lipinski definition) is 1. The van der Waals surface area contributed by atoms with E-state index in [0.717, 1.165) is 0 Å². The summed E-state index contributed by atoms with van der Waals surface area (Å²) < 4.78 is 10.8. The van der Waals surface area contributed by atoms with Gasteiger partial charge in [0, 0.05) is 12.3 Å². The summed E-state index contributed by atoms with van der Waals surface area (Å²) in [6.07, 6.45) is 1.40. The number of pyridine rings is 1. The summed E-state index contributed by atoms with van der Waals surface area (Å²) >= 11 is 0. The van der Waals surface area contributed by atoms with Crippen LogP contribution >= 0.6 is 0 Å². The predicted octanol–water partition coefficient (Wildman–Crippen LogP) is 1.17. The first-order chi connectivity index (χ1) is 8.29. The van der Waals surface area contributed by atoms with E-state index < -0.39 is 0 Å². The van der Waals surface area contributed by atoms with E-state index in [1.54, 1.807) is 12.1 Å². The molecular formula is C12H8N2O3. The van der Waals surface area contributed by atoms with Gasteiger partial charge in [0.05, 0.1) is 10.9 Å². The average Bonchev–Trinajstić information content (AvgIpc) is 2.37. The Morgan fingerprint density at radius 1 is 1.24 bits per heavy atom. The summed E-state index contributed by atoms with van der Waals surface area (Å²) in [5.74, 6) is 1.16. The molecule has 0 radical (unpaired) electrons. The molecule has 1 aliphatic rings. The lowest BCUT2D eigenvalue weighted by Gasteiger charge is -2.18. The minimum Gasteiger partial charge on any atom is -0.486 e. The fourth-order valence-corrected chi connectivity index (χ4v) is 1.84. The van der Waals surface area contributed by atoms with Gasteiger partial charge in [-0.3, -0.25) is 4.79 Å². The molecule has 5 heteroatoms. The van der Waals surface area contributed by atoms with E-state index in [9.17, 15) is 4.79 Å². The molecule has 0 unspecified atom stereocenters. The number of nitrogens with one attached hydrogen (secondary N) is 1. The maximum atomic E-state index is 11.9. The van der Waals surface area contributed by atoms with Gasteiger partial charge in [-0.25, -0.2) is 0 Å². The van der Waals surface area contributed by atoms with Crippen LogP contribution in [0.2, 0.25) is 0 Å². The molecule has 0 aliphatic carbocycles. The van der Waals surface area contributed by atoms with Crippen molar-refractivity contribution in [2.45, 2.75) is 0 Å². The van der Waals surface area contributed by atoms with Crippen LogP contribution < -0.4 is 14.9 Å². The van der Waals surface area contributed by atoms with Gasteiger partial charge in [0.1, 0.15) is 24.8 Å². The third-order valence-electron chi connectivity index (χ3n) is 2.66. The van der Waals surface area contributed by atoms with Gasteiger partial charge in [-0.15, -0.1) is 0 Å². The topological polar surface area (TPSA) is 75.1 Å². The van der Waals surface area contributed by atoms with Crippen LogP contribution in [0.1, 0.15) is 5.56 Å². The number of fused-ring (bicyclic) bond motifs is 2. The Balaban J connectivity index is 2.35. The molecule has 0 saturated heterocycles. The molecule has 1 N–H and O–H groups in total. The second-order valence-electron chi connectivity index (χ2n) is 3.68. The number of H-pyrrole nitrogens is 1. The lowest BCUT2D eigenvalue weighted by molar-refractivity contribution is 0.172. The molecule has 0 atom stereocenters. The van der Waals surface area contributed by atoms with Gasteiger partial charge in [-0.1, -0.05) is 0 Å². The summed E-state index contributed by atoms with van der Waals surface area (Å²) in [5.41, 5.74) is 0.436. The second-order valence-corrected chi connectivity index (χ2v) is 3.68. The summed E-state index contributed by atoms with van der Waals surface area (Å²) in [5, 5.41) is 9.23. The Bertz CT molecular complexity index is 697. The maximum absolute atomic E-state index is 11.9. The van der Waals surface area contributed by atoms with E-state index in [1.165, 1.54) is 6.20 Å². The lowest BCUT2D eigenvalue weighted by Crippen LogP contribution is -2.16. The third-order valence-corrected chi connectivity index (χ3v) is 2.66. The number of benzene rings is 1. The first kappa shape index (κ1) is 9.73. The van der Waals surface area contributed by atoms with E-state index in [4.69, 9.17) is 14.7 Å². The molecule has 0 bridgehead atoms. The maximum Gasteiger partial charge on any atom is 0.207 e. The molecular weight excluding hydrogens is 220 g/mol. The van der Waals surface area contributed by atoms with Crippen molar-refractivity contribution < 1.29 is 9.47 Å². The van der Waals surface area contributed by atoms with Crippen LogP contribution in [0.25, 0.3) is 10.9 Å². The summed E-state index contributed by atoms with van der Waals surface area (Å²) in [6, 6.07) is 5.18. The van der Waals surface area contributed by atoms with Crippen molar-refractivity contribution in [2.75, 3.05) is 13.2 Å². The van der Waals surface area contributed by atoms with Crippen molar-refractivity contribution in [3.63, 3.8) is 0 Å². The molecule has 2 heterocycles. The largest absolute Gasteiger partial charge is 0.486 e. The Labute approximate surface area is 96.2 Å². The number of nitrogens with zero attached hydrogens (tertiary/aromatic N) is 1. The second kappa shape index (κ2) is 3.52. The number of hydrogen-bond acceptors (Lipinski definition) is 4. The Morgan fingerprint density at radius 3 is 2.65 bits per heavy atom. The molecule has 0 amide bonds. The first-order valence-corrected chi connectivity index (χ1v) is 5.15. The van der Waals surface area contributed by atoms with Crippen LogP contribution in [0.5, 0.6) is 11.5 Å². The van der Waals surface area contributed by atoms with Crippen LogP contribution in [0.15, 0.2) is 23.1 Å². The van der Waals surface area contributed by atoms with Crippen molar-refractivity contribution in [3.8, 4) is 17.6 Å². The molecule has 17 heavy (non-hydrogen) atoms. The Hall–Kier alpha value is -2.48. The fourth-order valence-electron chi connectivity index (χ4n) is 1.84. The number of nitriles is 1. The summed E-state index contributed by atoms with van der Waals surface area (Å²) in [6.45, 7) is 0.966. The monoisotopic (exact) mass is 228 g/mol. The molecule has 0 saturated carbocycles. The normalized spacial score (nSPS) is 13.4. The van der Waals surface area contributed by atoms with Crippen molar-refractivity contribution in [1.29, 1.82) is 5.26 Å². The van der Waals surface area contributed by atoms with Gasteiger partial charge in [0.15, 0.2) is 11.5 Å². The predicted molar refractivity (Wildman–Crippen MR) is 60.3 cm³/mol. The minimum atomic E-state index is -0.293. The van der Waals surface area contributed by atoms with E-state index in [0.29, 0.717) is 35.6 Å². The number of aromatic nitrogens is 1. The molecule has 1 aliphatic heterocycles. The zero-order chi connectivity index (χ0) is 11.8. The van der Waals surface area contributed by atoms with E-state index in [1.807, 2.05) is 6.07 Å². The molecule has 3 rings (SSSR count). The summed E-state index contributed by atoms with van der Waals surface area (Å²) in [7, 11) is 0. The average molecular weight is 228 g/mol. The van der Waals surface area contributed by atoms with E-state index >= 15 is 0 Å². The fraction of sp³-hybridized carbons (Fsp3) is 0.167. The molecule has 2 aromatic rings. The molecule has 0 fully saturated rings. The quantitative estimate of drug-likeness (QED) is 0.734. The van der Waals surface area contributed by atoms with Gasteiger partial charge in [-0.2, -0.15) is 5.26 Å². The van der Waals surface area contributed by atoms with Crippen LogP contribution in [-0.2, 0) is 0 Å². The Morgan fingerprint density at radius 2 is 1.94 bits per heavy atom. The van der Waals surface area contributed by atoms with Gasteiger partial charge in [0.25, 0.3) is 0 Å². The van der Waals surface area contributed by atoms with Crippen molar-refractivity contribution >= 4 is 10.9 Å². The minimum absolute atomic E-state index is 0.0918. The third kappa shape index (κ3) is 1.42. The van der Waals surface area contributed by atoms with Crippen molar-refractivity contribution in [2.24, 2.45) is 0 Å². The highest BCUT2D eigenvalue weighted by molar-refractivity contribution is 5.83. The molecule has 1 aromatic heterocycles. The number of ether oxygens (including phenoxy) is 2. The van der Waals surface area contributed by atoms with Crippen LogP contribution in [0, 0.1) is 11.3 Å². The number of rotatable bonds is 0. The van der Waals surface area contributed by atoms with Crippen LogP contribution in [0.4, 0.5) is 0 Å². The standard InChI is InChI=1S/C12H8N2O3/c13-5-7-6-14-9-4-11-10(16-1-2-17-11)3-8(9)12(7)15/h3-4,6H,1-2H2,(H,14,15). The molecule has 1 aromatic carbocycles. The highest BCUT2D eigenvalue weighted by Crippen LogP contribution is 2.32. The van der Waals surface area contributed by atoms with Crippen molar-refractivity contribution in [3.05, 3.63) is 34.1 Å². The molecule has 5 nitrogen and oxygen atoms in total. The van der Waals surface area contributed by atoms with Crippen LogP contribution in [0.3, 0.4) is 0 Å². The highest BCUT2D eigenvalue weighted by atomic mass is 16.6. The van der Waals surface area contributed by atoms with E-state index in [-0.39, 0.29) is 11.0 Å². The van der Waals surface area contributed by atoms with Gasteiger partial charge >= 0.3 is 0 Å². The smallest absolute Gasteiger partial charge is 0.207 e. The number of aromatic amines is 1. The van der Waals surface area contributed by atoms with Gasteiger partial charge in [0.2, 0.25) is 5.43 Å². The summed E-state index contributed by atoms with van der Waals surface area (Å²) in [4.78, 5) is 14.8. The molecule has 0 spiro atoms. The molecule has 84 valence electrons. The van der Waals surface area contributed by atoms with Crippen LogP contribution in [-0.4, -0.2) is 18.2 Å². The zero-order valence-electron chi connectivity index (χ0n) is 8.82. The highest BCUT2D eigenvalue weighted by Gasteiger charge is 2.15. The lowest BCUT2D eigenvalue weighted by atomic mass is 10.1. The van der Waals surface area contributed by atoms with E-state index in [2.05, 4.69) is 4.98 Å². The van der Waals surface area contributed by atoms with Crippen molar-refractivity contribution in [1.82, 2.24) is 4.98 Å². The van der Waals surface area contributed by atoms with Gasteiger partial charge < -0.3 is 14.5 Å². The first-order valence-electron chi connectivity index (χ1n) is 5.15. The SMILES string of the molecule is N#Cc1c[nH]c2cc3c(cc2c1=O)OCCO3. The Kier molecular flexibility index (Phi) is 2.02. The zero-order valence-corrected chi connectivity index (χ0v) is 8.82.